The number of ether oxygens (including phenoxy) is 2. The molecule has 2 aromatic carbocycles. The molecule has 2 heterocycles. The van der Waals surface area contributed by atoms with Crippen LogP contribution in [0.5, 0.6) is 5.75 Å². The van der Waals surface area contributed by atoms with Crippen molar-refractivity contribution < 1.29 is 14.3 Å². The fourth-order valence-corrected chi connectivity index (χ4v) is 3.10. The van der Waals surface area contributed by atoms with E-state index in [9.17, 15) is 4.79 Å². The second-order valence-corrected chi connectivity index (χ2v) is 6.30. The van der Waals surface area contributed by atoms with Crippen LogP contribution in [-0.4, -0.2) is 30.2 Å². The molecule has 0 radical (unpaired) electrons. The number of aromatic nitrogens is 1. The molecule has 0 aliphatic carbocycles. The van der Waals surface area contributed by atoms with Crippen molar-refractivity contribution in [3.05, 3.63) is 66.4 Å². The minimum absolute atomic E-state index is 0.149. The molecule has 1 atom stereocenters. The Kier molecular flexibility index (Phi) is 4.80. The first-order valence-electron chi connectivity index (χ1n) is 8.79. The minimum Gasteiger partial charge on any atom is -0.491 e. The number of nitrogens with zero attached hydrogens (tertiary/aromatic N) is 1. The summed E-state index contributed by atoms with van der Waals surface area (Å²) in [5, 5.41) is 3.88. The highest BCUT2D eigenvalue weighted by molar-refractivity contribution is 6.08. The van der Waals surface area contributed by atoms with Crippen molar-refractivity contribution in [3.8, 4) is 5.75 Å². The lowest BCUT2D eigenvalue weighted by Crippen LogP contribution is -2.17. The average molecular weight is 348 g/mol. The molecule has 1 aliphatic rings. The predicted molar refractivity (Wildman–Crippen MR) is 101 cm³/mol. The highest BCUT2D eigenvalue weighted by Gasteiger charge is 2.16. The van der Waals surface area contributed by atoms with Gasteiger partial charge in [-0.2, -0.15) is 0 Å². The number of fused-ring (bicyclic) bond motifs is 1. The Hall–Kier alpha value is -2.92. The van der Waals surface area contributed by atoms with Crippen LogP contribution in [0.25, 0.3) is 10.9 Å². The number of carbonyl (C=O) groups excluding carboxylic acids is 1. The van der Waals surface area contributed by atoms with Gasteiger partial charge in [0.25, 0.3) is 5.91 Å². The first-order chi connectivity index (χ1) is 12.8. The van der Waals surface area contributed by atoms with E-state index in [-0.39, 0.29) is 12.0 Å². The van der Waals surface area contributed by atoms with Gasteiger partial charge in [0, 0.05) is 23.8 Å². The maximum Gasteiger partial charge on any atom is 0.255 e. The van der Waals surface area contributed by atoms with E-state index < -0.39 is 0 Å². The molecule has 1 aliphatic heterocycles. The van der Waals surface area contributed by atoms with E-state index in [2.05, 4.69) is 10.3 Å². The van der Waals surface area contributed by atoms with Gasteiger partial charge in [0.2, 0.25) is 0 Å². The smallest absolute Gasteiger partial charge is 0.255 e. The Morgan fingerprint density at radius 1 is 1.19 bits per heavy atom. The molecule has 3 aromatic rings. The number of rotatable bonds is 5. The maximum absolute atomic E-state index is 12.7. The van der Waals surface area contributed by atoms with E-state index in [1.54, 1.807) is 18.3 Å². The lowest BCUT2D eigenvalue weighted by atomic mass is 10.1. The van der Waals surface area contributed by atoms with Crippen LogP contribution in [0.15, 0.2) is 60.8 Å². The summed E-state index contributed by atoms with van der Waals surface area (Å²) in [7, 11) is 0. The molecule has 1 fully saturated rings. The molecule has 1 N–H and O–H groups in total. The minimum atomic E-state index is -0.177. The van der Waals surface area contributed by atoms with E-state index in [0.29, 0.717) is 17.9 Å². The average Bonchev–Trinajstić information content (AvgIpc) is 3.20. The van der Waals surface area contributed by atoms with Crippen LogP contribution in [0, 0.1) is 0 Å². The summed E-state index contributed by atoms with van der Waals surface area (Å²) >= 11 is 0. The molecule has 4 rings (SSSR count). The molecule has 132 valence electrons. The zero-order chi connectivity index (χ0) is 17.8. The third-order valence-corrected chi connectivity index (χ3v) is 4.45. The highest BCUT2D eigenvalue weighted by Crippen LogP contribution is 2.23. The number of amides is 1. The van der Waals surface area contributed by atoms with Gasteiger partial charge in [-0.1, -0.05) is 12.1 Å². The Balaban J connectivity index is 1.48. The highest BCUT2D eigenvalue weighted by atomic mass is 16.5. The van der Waals surface area contributed by atoms with Gasteiger partial charge in [0.15, 0.2) is 0 Å². The van der Waals surface area contributed by atoms with Crippen LogP contribution < -0.4 is 10.1 Å². The Labute approximate surface area is 152 Å². The van der Waals surface area contributed by atoms with Gasteiger partial charge < -0.3 is 14.8 Å². The molecule has 0 bridgehead atoms. The van der Waals surface area contributed by atoms with Crippen LogP contribution in [0.2, 0.25) is 0 Å². The van der Waals surface area contributed by atoms with Crippen molar-refractivity contribution in [2.24, 2.45) is 0 Å². The van der Waals surface area contributed by atoms with E-state index >= 15 is 0 Å². The summed E-state index contributed by atoms with van der Waals surface area (Å²) < 4.78 is 11.3. The summed E-state index contributed by atoms with van der Waals surface area (Å²) in [6, 6.07) is 16.7. The van der Waals surface area contributed by atoms with Crippen LogP contribution in [0.4, 0.5) is 5.69 Å². The van der Waals surface area contributed by atoms with E-state index in [1.165, 1.54) is 0 Å². The fraction of sp³-hybridized carbons (Fsp3) is 0.238. The molecule has 0 unspecified atom stereocenters. The first-order valence-corrected chi connectivity index (χ1v) is 8.79. The SMILES string of the molecule is O=C(Nc1cccc2ncccc12)c1cccc(OC[C@@H]2CCCO2)c1. The third kappa shape index (κ3) is 3.68. The van der Waals surface area contributed by atoms with Gasteiger partial charge in [0.05, 0.1) is 17.3 Å². The molecular formula is C21H20N2O3. The zero-order valence-electron chi connectivity index (χ0n) is 14.4. The number of anilines is 1. The fourth-order valence-electron chi connectivity index (χ4n) is 3.10. The molecule has 5 nitrogen and oxygen atoms in total. The van der Waals surface area contributed by atoms with Crippen LogP contribution in [0.3, 0.4) is 0 Å². The molecule has 1 saturated heterocycles. The van der Waals surface area contributed by atoms with Gasteiger partial charge in [-0.05, 0) is 55.3 Å². The van der Waals surface area contributed by atoms with Gasteiger partial charge in [-0.15, -0.1) is 0 Å². The lowest BCUT2D eigenvalue weighted by molar-refractivity contribution is 0.0679. The summed E-state index contributed by atoms with van der Waals surface area (Å²) in [6.45, 7) is 1.32. The second-order valence-electron chi connectivity index (χ2n) is 6.30. The van der Waals surface area contributed by atoms with Crippen LogP contribution in [-0.2, 0) is 4.74 Å². The predicted octanol–water partition coefficient (Wildman–Crippen LogP) is 4.04. The Bertz CT molecular complexity index is 915. The van der Waals surface area contributed by atoms with Crippen LogP contribution in [0.1, 0.15) is 23.2 Å². The monoisotopic (exact) mass is 348 g/mol. The molecule has 0 spiro atoms. The zero-order valence-corrected chi connectivity index (χ0v) is 14.4. The van der Waals surface area contributed by atoms with Gasteiger partial charge in [0.1, 0.15) is 12.4 Å². The first kappa shape index (κ1) is 16.5. The van der Waals surface area contributed by atoms with Crippen LogP contribution >= 0.6 is 0 Å². The summed E-state index contributed by atoms with van der Waals surface area (Å²) in [5.74, 6) is 0.497. The number of nitrogens with one attached hydrogen (secondary N) is 1. The van der Waals surface area contributed by atoms with Crippen molar-refractivity contribution in [1.29, 1.82) is 0 Å². The number of pyridine rings is 1. The van der Waals surface area contributed by atoms with Gasteiger partial charge in [-0.25, -0.2) is 0 Å². The maximum atomic E-state index is 12.7. The normalized spacial score (nSPS) is 16.5. The molecule has 5 heteroatoms. The van der Waals surface area contributed by atoms with E-state index in [4.69, 9.17) is 9.47 Å². The molecule has 26 heavy (non-hydrogen) atoms. The van der Waals surface area contributed by atoms with Crippen molar-refractivity contribution in [3.63, 3.8) is 0 Å². The molecule has 1 amide bonds. The van der Waals surface area contributed by atoms with Crippen molar-refractivity contribution >= 4 is 22.5 Å². The summed E-state index contributed by atoms with van der Waals surface area (Å²) in [6.07, 6.45) is 3.99. The molecule has 0 saturated carbocycles. The number of hydrogen-bond acceptors (Lipinski definition) is 4. The van der Waals surface area contributed by atoms with E-state index in [1.807, 2.05) is 42.5 Å². The Morgan fingerprint density at radius 2 is 2.12 bits per heavy atom. The summed E-state index contributed by atoms with van der Waals surface area (Å²) in [4.78, 5) is 17.0. The molecule has 1 aromatic heterocycles. The number of carbonyl (C=O) groups is 1. The lowest BCUT2D eigenvalue weighted by Gasteiger charge is -2.12. The van der Waals surface area contributed by atoms with Crippen molar-refractivity contribution in [1.82, 2.24) is 4.98 Å². The standard InChI is InChI=1S/C21H20N2O3/c24-21(23-20-10-2-9-19-18(20)8-3-11-22-19)15-5-1-6-16(13-15)26-14-17-7-4-12-25-17/h1-3,5-6,8-11,13,17H,4,7,12,14H2,(H,23,24)/t17-/m0/s1. The van der Waals surface area contributed by atoms with Crippen molar-refractivity contribution in [2.45, 2.75) is 18.9 Å². The summed E-state index contributed by atoms with van der Waals surface area (Å²) in [5.41, 5.74) is 2.14. The largest absolute Gasteiger partial charge is 0.491 e. The molecular weight excluding hydrogens is 328 g/mol. The number of hydrogen-bond donors (Lipinski definition) is 1. The second kappa shape index (κ2) is 7.54. The van der Waals surface area contributed by atoms with Gasteiger partial charge >= 0.3 is 0 Å². The third-order valence-electron chi connectivity index (χ3n) is 4.45. The van der Waals surface area contributed by atoms with Gasteiger partial charge in [-0.3, -0.25) is 9.78 Å². The topological polar surface area (TPSA) is 60.5 Å². The van der Waals surface area contributed by atoms with E-state index in [0.717, 1.165) is 36.0 Å². The number of benzene rings is 2. The Morgan fingerprint density at radius 3 is 3.00 bits per heavy atom. The quantitative estimate of drug-likeness (QED) is 0.756. The van der Waals surface area contributed by atoms with Crippen molar-refractivity contribution in [2.75, 3.05) is 18.5 Å².